The van der Waals surface area contributed by atoms with E-state index >= 15 is 0 Å². The molecule has 0 spiro atoms. The van der Waals surface area contributed by atoms with E-state index in [2.05, 4.69) is 11.6 Å². The van der Waals surface area contributed by atoms with Crippen molar-refractivity contribution in [3.8, 4) is 0 Å². The molecule has 2 heterocycles. The summed E-state index contributed by atoms with van der Waals surface area (Å²) in [6.45, 7) is 0. The van der Waals surface area contributed by atoms with Gasteiger partial charge in [0.05, 0.1) is 6.04 Å². The second-order valence-electron chi connectivity index (χ2n) is 3.37. The summed E-state index contributed by atoms with van der Waals surface area (Å²) < 4.78 is 0. The molecule has 1 saturated carbocycles. The van der Waals surface area contributed by atoms with Crippen molar-refractivity contribution in [2.24, 2.45) is 5.92 Å². The van der Waals surface area contributed by atoms with Gasteiger partial charge in [-0.15, -0.1) is 0 Å². The van der Waals surface area contributed by atoms with Crippen LogP contribution in [0.4, 0.5) is 0 Å². The standard InChI is InChI=1S/C8H12NO/c10-5-8-6-1-3-7(9-8)4-2-6/h6-9H,1-4H2/t6?,7?,8-/m1/s1. The number of nitrogens with one attached hydrogen (secondary N) is 1. The van der Waals surface area contributed by atoms with E-state index in [1.165, 1.54) is 25.7 Å². The lowest BCUT2D eigenvalue weighted by atomic mass is 9.77. The van der Waals surface area contributed by atoms with Gasteiger partial charge in [0.2, 0.25) is 6.29 Å². The van der Waals surface area contributed by atoms with Crippen LogP contribution in [0.3, 0.4) is 0 Å². The van der Waals surface area contributed by atoms with Crippen LogP contribution in [0.2, 0.25) is 0 Å². The normalized spacial score (nSPS) is 45.4. The fraction of sp³-hybridized carbons (Fsp3) is 0.875. The number of piperidine rings is 2. The van der Waals surface area contributed by atoms with Crippen molar-refractivity contribution in [2.45, 2.75) is 37.8 Å². The smallest absolute Gasteiger partial charge is 0.217 e. The zero-order valence-corrected chi connectivity index (χ0v) is 5.97. The van der Waals surface area contributed by atoms with Gasteiger partial charge in [-0.3, -0.25) is 4.79 Å². The van der Waals surface area contributed by atoms with E-state index < -0.39 is 0 Å². The van der Waals surface area contributed by atoms with Crippen LogP contribution in [0, 0.1) is 5.92 Å². The van der Waals surface area contributed by atoms with E-state index in [0.29, 0.717) is 12.0 Å². The number of hydrogen-bond donors (Lipinski definition) is 1. The molecule has 0 aromatic heterocycles. The van der Waals surface area contributed by atoms with Gasteiger partial charge in [-0.05, 0) is 31.6 Å². The third-order valence-corrected chi connectivity index (χ3v) is 2.79. The minimum absolute atomic E-state index is 0.0625. The van der Waals surface area contributed by atoms with Crippen LogP contribution in [-0.4, -0.2) is 18.4 Å². The highest BCUT2D eigenvalue weighted by atomic mass is 16.1. The van der Waals surface area contributed by atoms with Crippen LogP contribution in [0.5, 0.6) is 0 Å². The first-order valence-corrected chi connectivity index (χ1v) is 4.04. The van der Waals surface area contributed by atoms with Gasteiger partial charge in [0.25, 0.3) is 0 Å². The molecule has 1 atom stereocenters. The summed E-state index contributed by atoms with van der Waals surface area (Å²) in [7, 11) is 0. The molecule has 1 radical (unpaired) electrons. The average molecular weight is 138 g/mol. The van der Waals surface area contributed by atoms with Crippen molar-refractivity contribution < 1.29 is 4.79 Å². The van der Waals surface area contributed by atoms with Crippen molar-refractivity contribution in [1.82, 2.24) is 5.32 Å². The highest BCUT2D eigenvalue weighted by molar-refractivity contribution is 5.59. The van der Waals surface area contributed by atoms with Crippen LogP contribution in [0.25, 0.3) is 0 Å². The molecule has 3 fully saturated rings. The molecule has 0 aromatic rings. The van der Waals surface area contributed by atoms with Gasteiger partial charge in [0.15, 0.2) is 0 Å². The Morgan fingerprint density at radius 3 is 2.20 bits per heavy atom. The van der Waals surface area contributed by atoms with Gasteiger partial charge in [-0.25, -0.2) is 0 Å². The number of rotatable bonds is 1. The summed E-state index contributed by atoms with van der Waals surface area (Å²) in [5.74, 6) is 0.600. The van der Waals surface area contributed by atoms with Crippen LogP contribution < -0.4 is 5.32 Å². The molecule has 0 unspecified atom stereocenters. The topological polar surface area (TPSA) is 29.1 Å². The zero-order valence-electron chi connectivity index (χ0n) is 5.97. The second kappa shape index (κ2) is 2.35. The molecule has 2 saturated heterocycles. The molecule has 2 bridgehead atoms. The monoisotopic (exact) mass is 138 g/mol. The van der Waals surface area contributed by atoms with Gasteiger partial charge in [0, 0.05) is 6.04 Å². The van der Waals surface area contributed by atoms with Crippen molar-refractivity contribution in [1.29, 1.82) is 0 Å². The Labute approximate surface area is 61.0 Å². The van der Waals surface area contributed by atoms with Crippen molar-refractivity contribution in [3.05, 3.63) is 0 Å². The van der Waals surface area contributed by atoms with Crippen molar-refractivity contribution >= 4 is 6.29 Å². The van der Waals surface area contributed by atoms with Crippen LogP contribution >= 0.6 is 0 Å². The molecule has 0 amide bonds. The maximum atomic E-state index is 10.4. The molecule has 1 aliphatic carbocycles. The Bertz CT molecular complexity index is 138. The van der Waals surface area contributed by atoms with Gasteiger partial charge in [0.1, 0.15) is 0 Å². The molecule has 2 aliphatic heterocycles. The molecule has 1 N–H and O–H groups in total. The Morgan fingerprint density at radius 1 is 1.20 bits per heavy atom. The SMILES string of the molecule is O=[C][C@H]1NC2CCC1CC2. The number of carbonyl (C=O) groups excluding carboxylic acids is 1. The average Bonchev–Trinajstić information content (AvgIpc) is 2.06. The van der Waals surface area contributed by atoms with Crippen molar-refractivity contribution in [2.75, 3.05) is 0 Å². The van der Waals surface area contributed by atoms with E-state index in [-0.39, 0.29) is 6.04 Å². The Morgan fingerprint density at radius 2 is 1.90 bits per heavy atom. The van der Waals surface area contributed by atoms with E-state index in [9.17, 15) is 4.79 Å². The molecule has 2 heteroatoms. The number of fused-ring (bicyclic) bond motifs is 3. The van der Waals surface area contributed by atoms with E-state index in [1.54, 1.807) is 0 Å². The molecule has 2 nitrogen and oxygen atoms in total. The summed E-state index contributed by atoms with van der Waals surface area (Å²) >= 11 is 0. The quantitative estimate of drug-likeness (QED) is 0.575. The van der Waals surface area contributed by atoms with Gasteiger partial charge in [-0.2, -0.15) is 0 Å². The summed E-state index contributed by atoms with van der Waals surface area (Å²) in [4.78, 5) is 10.4. The second-order valence-corrected chi connectivity index (χ2v) is 3.37. The maximum absolute atomic E-state index is 10.4. The Hall–Kier alpha value is -0.370. The summed E-state index contributed by atoms with van der Waals surface area (Å²) in [5, 5.41) is 3.28. The number of hydrogen-bond acceptors (Lipinski definition) is 2. The van der Waals surface area contributed by atoms with E-state index in [4.69, 9.17) is 0 Å². The molecule has 3 rings (SSSR count). The minimum atomic E-state index is 0.0625. The van der Waals surface area contributed by atoms with E-state index in [1.807, 2.05) is 0 Å². The van der Waals surface area contributed by atoms with Gasteiger partial charge < -0.3 is 5.32 Å². The summed E-state index contributed by atoms with van der Waals surface area (Å²) in [5.41, 5.74) is 0. The molecular weight excluding hydrogens is 126 g/mol. The van der Waals surface area contributed by atoms with E-state index in [0.717, 1.165) is 0 Å². The van der Waals surface area contributed by atoms with Crippen LogP contribution in [0.1, 0.15) is 25.7 Å². The first-order chi connectivity index (χ1) is 4.90. The first kappa shape index (κ1) is 6.35. The van der Waals surface area contributed by atoms with Gasteiger partial charge in [-0.1, -0.05) is 0 Å². The fourth-order valence-corrected chi connectivity index (χ4v) is 2.14. The zero-order chi connectivity index (χ0) is 6.97. The van der Waals surface area contributed by atoms with Crippen LogP contribution in [0.15, 0.2) is 0 Å². The minimum Gasteiger partial charge on any atom is -0.304 e. The lowest BCUT2D eigenvalue weighted by Crippen LogP contribution is -2.52. The first-order valence-electron chi connectivity index (χ1n) is 4.04. The highest BCUT2D eigenvalue weighted by Gasteiger charge is 2.34. The largest absolute Gasteiger partial charge is 0.304 e. The van der Waals surface area contributed by atoms with Crippen molar-refractivity contribution in [3.63, 3.8) is 0 Å². The Kier molecular flexibility index (Phi) is 1.49. The predicted octanol–water partition coefficient (Wildman–Crippen LogP) is 0.627. The molecule has 3 aliphatic rings. The highest BCUT2D eigenvalue weighted by Crippen LogP contribution is 2.31. The third-order valence-electron chi connectivity index (χ3n) is 2.79. The molecule has 55 valence electrons. The Balaban J connectivity index is 2.07. The fourth-order valence-electron chi connectivity index (χ4n) is 2.14. The third kappa shape index (κ3) is 0.870. The molecular formula is C8H12NO. The maximum Gasteiger partial charge on any atom is 0.217 e. The lowest BCUT2D eigenvalue weighted by molar-refractivity contribution is 0.182. The summed E-state index contributed by atoms with van der Waals surface area (Å²) in [6.07, 6.45) is 7.08. The summed E-state index contributed by atoms with van der Waals surface area (Å²) in [6, 6.07) is 0.684. The van der Waals surface area contributed by atoms with Crippen LogP contribution in [-0.2, 0) is 4.79 Å². The van der Waals surface area contributed by atoms with Gasteiger partial charge >= 0.3 is 0 Å². The predicted molar refractivity (Wildman–Crippen MR) is 38.4 cm³/mol. The lowest BCUT2D eigenvalue weighted by Gasteiger charge is -2.40. The molecule has 10 heavy (non-hydrogen) atoms. The molecule has 0 aromatic carbocycles.